The summed E-state index contributed by atoms with van der Waals surface area (Å²) >= 11 is 0. The van der Waals surface area contributed by atoms with Crippen molar-refractivity contribution in [1.29, 1.82) is 0 Å². The zero-order valence-electron chi connectivity index (χ0n) is 13.6. The van der Waals surface area contributed by atoms with Crippen molar-refractivity contribution >= 4 is 21.6 Å². The van der Waals surface area contributed by atoms with Gasteiger partial charge in [0.05, 0.1) is 5.75 Å². The van der Waals surface area contributed by atoms with Crippen molar-refractivity contribution in [3.8, 4) is 0 Å². The van der Waals surface area contributed by atoms with Crippen LogP contribution in [0, 0.1) is 5.92 Å². The second-order valence-corrected chi connectivity index (χ2v) is 7.89. The Bertz CT molecular complexity index is 628. The molecule has 3 N–H and O–H groups in total. The Labute approximate surface area is 138 Å². The van der Waals surface area contributed by atoms with E-state index in [9.17, 15) is 13.2 Å². The molecule has 0 bridgehead atoms. The van der Waals surface area contributed by atoms with Crippen LogP contribution in [0.3, 0.4) is 0 Å². The summed E-state index contributed by atoms with van der Waals surface area (Å²) in [4.78, 5) is 12.3. The van der Waals surface area contributed by atoms with E-state index in [1.165, 1.54) is 0 Å². The van der Waals surface area contributed by atoms with Gasteiger partial charge in [-0.3, -0.25) is 9.52 Å². The van der Waals surface area contributed by atoms with Gasteiger partial charge in [0.2, 0.25) is 10.0 Å². The Kier molecular flexibility index (Phi) is 6.01. The molecule has 2 rings (SSSR count). The van der Waals surface area contributed by atoms with Gasteiger partial charge in [0.1, 0.15) is 0 Å². The molecule has 0 saturated carbocycles. The molecule has 1 fully saturated rings. The second-order valence-electron chi connectivity index (χ2n) is 6.05. The van der Waals surface area contributed by atoms with Crippen molar-refractivity contribution in [3.05, 3.63) is 29.8 Å². The van der Waals surface area contributed by atoms with Gasteiger partial charge in [-0.05, 0) is 56.1 Å². The monoisotopic (exact) mass is 339 g/mol. The molecule has 1 aromatic rings. The summed E-state index contributed by atoms with van der Waals surface area (Å²) in [5, 5.41) is 6.36. The van der Waals surface area contributed by atoms with Crippen LogP contribution in [0.1, 0.15) is 37.0 Å². The minimum Gasteiger partial charge on any atom is -0.349 e. The van der Waals surface area contributed by atoms with E-state index in [2.05, 4.69) is 22.3 Å². The van der Waals surface area contributed by atoms with Gasteiger partial charge in [-0.25, -0.2) is 8.42 Å². The highest BCUT2D eigenvalue weighted by molar-refractivity contribution is 7.92. The number of nitrogens with one attached hydrogen (secondary N) is 3. The maximum Gasteiger partial charge on any atom is 0.251 e. The van der Waals surface area contributed by atoms with E-state index >= 15 is 0 Å². The summed E-state index contributed by atoms with van der Waals surface area (Å²) in [7, 11) is -3.31. The molecule has 0 spiro atoms. The Hall–Kier alpha value is -1.60. The second kappa shape index (κ2) is 7.79. The Morgan fingerprint density at radius 3 is 2.61 bits per heavy atom. The average Bonchev–Trinajstić information content (AvgIpc) is 2.49. The molecule has 0 aromatic heterocycles. The lowest BCUT2D eigenvalue weighted by molar-refractivity contribution is 0.0914. The number of piperidine rings is 1. The van der Waals surface area contributed by atoms with Gasteiger partial charge in [0, 0.05) is 17.3 Å². The molecular formula is C16H25N3O3S. The zero-order chi connectivity index (χ0) is 16.9. The van der Waals surface area contributed by atoms with Crippen molar-refractivity contribution in [2.24, 2.45) is 5.92 Å². The van der Waals surface area contributed by atoms with Gasteiger partial charge in [0.15, 0.2) is 0 Å². The number of benzene rings is 1. The first kappa shape index (κ1) is 17.7. The number of sulfonamides is 1. The molecule has 1 aliphatic rings. The molecule has 1 saturated heterocycles. The van der Waals surface area contributed by atoms with Crippen LogP contribution in [0.25, 0.3) is 0 Å². The van der Waals surface area contributed by atoms with Crippen molar-refractivity contribution in [1.82, 2.24) is 10.6 Å². The summed E-state index contributed by atoms with van der Waals surface area (Å²) < 4.78 is 25.9. The lowest BCUT2D eigenvalue weighted by atomic mass is 9.95. The summed E-state index contributed by atoms with van der Waals surface area (Å²) in [6, 6.07) is 6.70. The van der Waals surface area contributed by atoms with E-state index in [0.29, 0.717) is 23.6 Å². The Morgan fingerprint density at radius 2 is 2.00 bits per heavy atom. The predicted molar refractivity (Wildman–Crippen MR) is 92.0 cm³/mol. The zero-order valence-corrected chi connectivity index (χ0v) is 14.4. The summed E-state index contributed by atoms with van der Waals surface area (Å²) in [6.45, 7) is 5.74. The lowest BCUT2D eigenvalue weighted by Gasteiger charge is -2.30. The molecule has 7 heteroatoms. The minimum atomic E-state index is -3.31. The third kappa shape index (κ3) is 5.21. The lowest BCUT2D eigenvalue weighted by Crippen LogP contribution is -2.48. The van der Waals surface area contributed by atoms with Crippen molar-refractivity contribution in [2.75, 3.05) is 23.6 Å². The smallest absolute Gasteiger partial charge is 0.251 e. The van der Waals surface area contributed by atoms with E-state index in [4.69, 9.17) is 0 Å². The van der Waals surface area contributed by atoms with Crippen LogP contribution >= 0.6 is 0 Å². The van der Waals surface area contributed by atoms with Gasteiger partial charge in [-0.1, -0.05) is 13.8 Å². The molecule has 1 heterocycles. The number of carbonyl (C=O) groups excluding carboxylic acids is 1. The van der Waals surface area contributed by atoms with Gasteiger partial charge in [-0.15, -0.1) is 0 Å². The maximum absolute atomic E-state index is 12.3. The normalized spacial score (nSPS) is 21.7. The fourth-order valence-corrected chi connectivity index (χ4v) is 3.80. The molecule has 23 heavy (non-hydrogen) atoms. The number of carbonyl (C=O) groups is 1. The Balaban J connectivity index is 1.97. The molecule has 128 valence electrons. The molecule has 1 amide bonds. The van der Waals surface area contributed by atoms with E-state index in [0.717, 1.165) is 19.5 Å². The number of rotatable bonds is 6. The van der Waals surface area contributed by atoms with Gasteiger partial charge >= 0.3 is 0 Å². The first-order chi connectivity index (χ1) is 10.9. The summed E-state index contributed by atoms with van der Waals surface area (Å²) in [5.74, 6) is 0.364. The van der Waals surface area contributed by atoms with E-state index in [-0.39, 0.29) is 17.7 Å². The highest BCUT2D eigenvalue weighted by Crippen LogP contribution is 2.14. The van der Waals surface area contributed by atoms with Crippen LogP contribution < -0.4 is 15.4 Å². The molecule has 2 unspecified atom stereocenters. The third-order valence-electron chi connectivity index (χ3n) is 4.00. The van der Waals surface area contributed by atoms with E-state index in [1.54, 1.807) is 24.3 Å². The summed E-state index contributed by atoms with van der Waals surface area (Å²) in [6.07, 6.45) is 1.48. The summed E-state index contributed by atoms with van der Waals surface area (Å²) in [5.41, 5.74) is 1.01. The SMILES string of the molecule is CCCS(=O)(=O)Nc1ccc(C(=O)NC2CCNCC2C)cc1. The maximum atomic E-state index is 12.3. The molecule has 1 aliphatic heterocycles. The Morgan fingerprint density at radius 1 is 1.30 bits per heavy atom. The molecule has 6 nitrogen and oxygen atoms in total. The molecular weight excluding hydrogens is 314 g/mol. The number of hydrogen-bond donors (Lipinski definition) is 3. The fourth-order valence-electron chi connectivity index (χ4n) is 2.67. The molecule has 0 aliphatic carbocycles. The number of hydrogen-bond acceptors (Lipinski definition) is 4. The number of anilines is 1. The van der Waals surface area contributed by atoms with E-state index < -0.39 is 10.0 Å². The first-order valence-corrected chi connectivity index (χ1v) is 9.68. The predicted octanol–water partition coefficient (Wildman–Crippen LogP) is 1.57. The van der Waals surface area contributed by atoms with Gasteiger partial charge in [0.25, 0.3) is 5.91 Å². The minimum absolute atomic E-state index is 0.0862. The first-order valence-electron chi connectivity index (χ1n) is 8.03. The highest BCUT2D eigenvalue weighted by Gasteiger charge is 2.23. The molecule has 0 radical (unpaired) electrons. The van der Waals surface area contributed by atoms with E-state index in [1.807, 2.05) is 6.92 Å². The largest absolute Gasteiger partial charge is 0.349 e. The van der Waals surface area contributed by atoms with Crippen molar-refractivity contribution in [2.45, 2.75) is 32.7 Å². The average molecular weight is 339 g/mol. The fraction of sp³-hybridized carbons (Fsp3) is 0.562. The van der Waals surface area contributed by atoms with Gasteiger partial charge in [-0.2, -0.15) is 0 Å². The van der Waals surface area contributed by atoms with Crippen molar-refractivity contribution < 1.29 is 13.2 Å². The van der Waals surface area contributed by atoms with Crippen LogP contribution in [0.2, 0.25) is 0 Å². The topological polar surface area (TPSA) is 87.3 Å². The van der Waals surface area contributed by atoms with Crippen LogP contribution in [0.15, 0.2) is 24.3 Å². The van der Waals surface area contributed by atoms with Crippen LogP contribution in [0.4, 0.5) is 5.69 Å². The molecule has 2 atom stereocenters. The van der Waals surface area contributed by atoms with Crippen LogP contribution in [-0.4, -0.2) is 39.2 Å². The van der Waals surface area contributed by atoms with Crippen molar-refractivity contribution in [3.63, 3.8) is 0 Å². The number of amides is 1. The quantitative estimate of drug-likeness (QED) is 0.734. The standard InChI is InChI=1S/C16H25N3O3S/c1-3-10-23(21,22)19-14-6-4-13(5-7-14)16(20)18-15-8-9-17-11-12(15)2/h4-7,12,15,17,19H,3,8-11H2,1-2H3,(H,18,20). The van der Waals surface area contributed by atoms with Crippen LogP contribution in [-0.2, 0) is 10.0 Å². The van der Waals surface area contributed by atoms with Crippen LogP contribution in [0.5, 0.6) is 0 Å². The highest BCUT2D eigenvalue weighted by atomic mass is 32.2. The molecule has 1 aromatic carbocycles. The van der Waals surface area contributed by atoms with Gasteiger partial charge < -0.3 is 10.6 Å². The third-order valence-corrected chi connectivity index (χ3v) is 5.49.